The molecule has 2 saturated heterocycles. The second-order valence-corrected chi connectivity index (χ2v) is 20.2. The van der Waals surface area contributed by atoms with E-state index in [1.807, 2.05) is 72.0 Å². The molecule has 17 nitrogen and oxygen atoms in total. The first-order valence-corrected chi connectivity index (χ1v) is 24.2. The van der Waals surface area contributed by atoms with Crippen LogP contribution in [0.4, 0.5) is 4.79 Å². The van der Waals surface area contributed by atoms with E-state index in [1.54, 1.807) is 44.5 Å². The molecular formula is C50H81N7O10. The molecule has 0 spiro atoms. The molecule has 4 rings (SSSR count). The number of aromatic amines is 1. The largest absolute Gasteiger partial charge is 0.444 e. The second-order valence-electron chi connectivity index (χ2n) is 20.2. The molecule has 1 aromatic carbocycles. The van der Waals surface area contributed by atoms with E-state index in [0.29, 0.717) is 39.0 Å². The Kier molecular flexibility index (Phi) is 20.1. The van der Waals surface area contributed by atoms with Gasteiger partial charge in [0.2, 0.25) is 23.6 Å². The summed E-state index contributed by atoms with van der Waals surface area (Å²) in [5.74, 6) is -3.22. The Morgan fingerprint density at radius 1 is 0.881 bits per heavy atom. The first-order valence-electron chi connectivity index (χ1n) is 24.2. The van der Waals surface area contributed by atoms with Crippen molar-refractivity contribution in [3.8, 4) is 0 Å². The zero-order valence-electron chi connectivity index (χ0n) is 42.7. The summed E-state index contributed by atoms with van der Waals surface area (Å²) in [6, 6.07) is 4.03. The van der Waals surface area contributed by atoms with E-state index in [9.17, 15) is 28.8 Å². The maximum Gasteiger partial charge on any atom is 0.410 e. The summed E-state index contributed by atoms with van der Waals surface area (Å²) in [5.41, 5.74) is 1.05. The number of amides is 6. The molecule has 0 aliphatic carbocycles. The van der Waals surface area contributed by atoms with Crippen LogP contribution in [0.25, 0.3) is 10.9 Å². The number of para-hydroxylation sites is 1. The van der Waals surface area contributed by atoms with E-state index >= 15 is 0 Å². The highest BCUT2D eigenvalue weighted by molar-refractivity contribution is 5.92. The summed E-state index contributed by atoms with van der Waals surface area (Å²) in [6.45, 7) is 19.7. The predicted octanol–water partition coefficient (Wildman–Crippen LogP) is 5.70. The summed E-state index contributed by atoms with van der Waals surface area (Å²) in [4.78, 5) is 98.0. The number of likely N-dealkylation sites (N-methyl/N-ethyl adjacent to an activating group) is 2. The Labute approximate surface area is 398 Å². The minimum Gasteiger partial charge on any atom is -0.444 e. The summed E-state index contributed by atoms with van der Waals surface area (Å²) in [5, 5.41) is 8.32. The van der Waals surface area contributed by atoms with Gasteiger partial charge in [0.1, 0.15) is 23.7 Å². The van der Waals surface area contributed by atoms with Gasteiger partial charge in [-0.3, -0.25) is 33.7 Å². The zero-order chi connectivity index (χ0) is 49.9. The highest BCUT2D eigenvalue weighted by Gasteiger charge is 2.44. The van der Waals surface area contributed by atoms with Gasteiger partial charge in [0.25, 0.3) is 5.91 Å². The molecule has 9 atom stereocenters. The monoisotopic (exact) mass is 940 g/mol. The number of H-pyrrole nitrogens is 1. The third-order valence-electron chi connectivity index (χ3n) is 13.4. The van der Waals surface area contributed by atoms with Crippen molar-refractivity contribution in [3.05, 3.63) is 36.0 Å². The number of nitrogens with zero attached hydrogens (tertiary/aromatic N) is 4. The number of carbonyl (C=O) groups is 6. The van der Waals surface area contributed by atoms with Crippen LogP contribution >= 0.6 is 0 Å². The van der Waals surface area contributed by atoms with E-state index in [2.05, 4.69) is 15.6 Å². The van der Waals surface area contributed by atoms with Crippen molar-refractivity contribution in [1.82, 2.24) is 35.4 Å². The predicted molar refractivity (Wildman–Crippen MR) is 256 cm³/mol. The van der Waals surface area contributed by atoms with Crippen LogP contribution in [0.3, 0.4) is 0 Å². The normalized spacial score (nSPS) is 19.3. The van der Waals surface area contributed by atoms with Crippen molar-refractivity contribution in [2.24, 2.45) is 23.7 Å². The Bertz CT molecular complexity index is 1980. The molecule has 376 valence electrons. The number of carbonyl (C=O) groups excluding carboxylic acids is 6. The van der Waals surface area contributed by atoms with E-state index in [1.165, 1.54) is 31.2 Å². The number of fused-ring (bicyclic) bond motifs is 1. The van der Waals surface area contributed by atoms with Crippen molar-refractivity contribution in [2.75, 3.05) is 48.0 Å². The smallest absolute Gasteiger partial charge is 0.410 e. The van der Waals surface area contributed by atoms with Gasteiger partial charge in [0, 0.05) is 64.9 Å². The molecule has 0 unspecified atom stereocenters. The standard InChI is InChI=1S/C50H81N7O10/c1-15-32(6)43(54(11)48(62)41(30(2)3)53-46(60)42(31(4)5)55(12)49(63)67-50(8,9)10)39(64-13)28-40(58)56-24-20-23-38(56)44(65-14)33(7)45(59)52-37(47(61)57-25-18-19-26-66-57)27-34-29-51-36-22-17-16-21-35(34)36/h16-17,21-22,29-33,37-39,41-44,51H,15,18-20,23-28H2,1-14H3,(H,52,59)(H,53,60)/t32-,33+,37-,38-,39+,41-,42-,43-,44+/m0/s1. The van der Waals surface area contributed by atoms with Crippen molar-refractivity contribution in [1.29, 1.82) is 0 Å². The van der Waals surface area contributed by atoms with Crippen molar-refractivity contribution < 1.29 is 47.8 Å². The van der Waals surface area contributed by atoms with Gasteiger partial charge in [-0.15, -0.1) is 0 Å². The van der Waals surface area contributed by atoms with E-state index < -0.39 is 65.9 Å². The Hall–Kier alpha value is -4.74. The number of likely N-dealkylation sites (tertiary alicyclic amines) is 1. The number of hydroxylamine groups is 2. The van der Waals surface area contributed by atoms with Crippen LogP contribution in [0, 0.1) is 23.7 Å². The lowest BCUT2D eigenvalue weighted by atomic mass is 9.89. The van der Waals surface area contributed by atoms with Gasteiger partial charge in [0.15, 0.2) is 0 Å². The molecule has 0 radical (unpaired) electrons. The highest BCUT2D eigenvalue weighted by Crippen LogP contribution is 2.30. The van der Waals surface area contributed by atoms with Gasteiger partial charge in [-0.1, -0.05) is 73.1 Å². The fourth-order valence-electron chi connectivity index (χ4n) is 9.62. The lowest BCUT2D eigenvalue weighted by molar-refractivity contribution is -0.199. The van der Waals surface area contributed by atoms with Crippen LogP contribution in [0.15, 0.2) is 30.5 Å². The SMILES string of the molecule is CC[C@H](C)[C@@H]([C@@H](CC(=O)N1CCC[C@H]1[C@H](OC)[C@@H](C)C(=O)N[C@@H](Cc1c[nH]c2ccccc12)C(=O)N1CCCCO1)OC)N(C)C(=O)[C@@H](NC(=O)[C@H](C(C)C)N(C)C(=O)OC(C)(C)C)C(C)C. The molecule has 3 heterocycles. The van der Waals surface area contributed by atoms with Gasteiger partial charge < -0.3 is 39.6 Å². The van der Waals surface area contributed by atoms with Crippen LogP contribution in [0.1, 0.15) is 113 Å². The highest BCUT2D eigenvalue weighted by atomic mass is 16.7. The number of nitrogens with one attached hydrogen (secondary N) is 3. The molecule has 2 aliphatic heterocycles. The van der Waals surface area contributed by atoms with Crippen LogP contribution < -0.4 is 10.6 Å². The number of hydrogen-bond acceptors (Lipinski definition) is 10. The van der Waals surface area contributed by atoms with Gasteiger partial charge in [-0.2, -0.15) is 0 Å². The summed E-state index contributed by atoms with van der Waals surface area (Å²) in [6.07, 6.45) is 3.60. The third kappa shape index (κ3) is 13.9. The molecule has 67 heavy (non-hydrogen) atoms. The van der Waals surface area contributed by atoms with Gasteiger partial charge in [-0.25, -0.2) is 9.86 Å². The van der Waals surface area contributed by atoms with Crippen molar-refractivity contribution >= 4 is 46.5 Å². The van der Waals surface area contributed by atoms with E-state index in [-0.39, 0.29) is 54.2 Å². The Morgan fingerprint density at radius 2 is 1.57 bits per heavy atom. The van der Waals surface area contributed by atoms with Gasteiger partial charge in [0.05, 0.1) is 43.2 Å². The topological polar surface area (TPSA) is 192 Å². The van der Waals surface area contributed by atoms with Gasteiger partial charge in [-0.05, 0) is 75.8 Å². The van der Waals surface area contributed by atoms with E-state index in [0.717, 1.165) is 29.3 Å². The minimum absolute atomic E-state index is 0.0531. The van der Waals surface area contributed by atoms with E-state index in [4.69, 9.17) is 19.0 Å². The molecule has 17 heteroatoms. The molecule has 2 aromatic rings. The number of ether oxygens (including phenoxy) is 3. The molecule has 0 bridgehead atoms. The first-order chi connectivity index (χ1) is 31.6. The molecule has 3 N–H and O–H groups in total. The molecular weight excluding hydrogens is 859 g/mol. The number of hydrogen-bond donors (Lipinski definition) is 3. The minimum atomic E-state index is -0.951. The summed E-state index contributed by atoms with van der Waals surface area (Å²) < 4.78 is 17.7. The lowest BCUT2D eigenvalue weighted by Gasteiger charge is -2.41. The Balaban J connectivity index is 1.51. The fraction of sp³-hybridized carbons (Fsp3) is 0.720. The zero-order valence-corrected chi connectivity index (χ0v) is 42.7. The maximum atomic E-state index is 14.6. The summed E-state index contributed by atoms with van der Waals surface area (Å²) in [7, 11) is 6.26. The number of benzene rings is 1. The van der Waals surface area contributed by atoms with Crippen LogP contribution in [-0.4, -0.2) is 156 Å². The van der Waals surface area contributed by atoms with Crippen LogP contribution in [-0.2, 0) is 49.4 Å². The van der Waals surface area contributed by atoms with Crippen molar-refractivity contribution in [3.63, 3.8) is 0 Å². The lowest BCUT2D eigenvalue weighted by Crippen LogP contribution is -2.60. The van der Waals surface area contributed by atoms with Crippen LogP contribution in [0.5, 0.6) is 0 Å². The number of methoxy groups -OCH3 is 2. The molecule has 0 saturated carbocycles. The summed E-state index contributed by atoms with van der Waals surface area (Å²) >= 11 is 0. The quantitative estimate of drug-likeness (QED) is 0.140. The van der Waals surface area contributed by atoms with Gasteiger partial charge >= 0.3 is 6.09 Å². The third-order valence-corrected chi connectivity index (χ3v) is 13.4. The van der Waals surface area contributed by atoms with Crippen LogP contribution in [0.2, 0.25) is 0 Å². The molecule has 6 amide bonds. The Morgan fingerprint density at radius 3 is 2.15 bits per heavy atom. The average Bonchev–Trinajstić information content (AvgIpc) is 3.94. The van der Waals surface area contributed by atoms with Crippen molar-refractivity contribution in [2.45, 2.75) is 162 Å². The average molecular weight is 940 g/mol. The number of aromatic nitrogens is 1. The number of rotatable bonds is 21. The molecule has 2 aliphatic rings. The molecule has 1 aromatic heterocycles. The second kappa shape index (κ2) is 24.5. The fourth-order valence-corrected chi connectivity index (χ4v) is 9.62. The first kappa shape index (κ1) is 54.9. The maximum absolute atomic E-state index is 14.6. The molecule has 2 fully saturated rings.